The van der Waals surface area contributed by atoms with Crippen LogP contribution in [0.3, 0.4) is 0 Å². The van der Waals surface area contributed by atoms with Gasteiger partial charge in [-0.1, -0.05) is 107 Å². The Labute approximate surface area is 246 Å². The van der Waals surface area contributed by atoms with E-state index in [0.29, 0.717) is 27.2 Å². The molecule has 40 heavy (non-hydrogen) atoms. The fourth-order valence-electron chi connectivity index (χ4n) is 4.80. The van der Waals surface area contributed by atoms with E-state index in [1.807, 2.05) is 38.1 Å². The molecule has 0 spiro atoms. The summed E-state index contributed by atoms with van der Waals surface area (Å²) in [7, 11) is 0. The van der Waals surface area contributed by atoms with Gasteiger partial charge in [0, 0.05) is 12.7 Å². The molecule has 1 aromatic carbocycles. The molecule has 1 saturated heterocycles. The Bertz CT molecular complexity index is 1450. The number of carbonyl (C=O) groups excluding carboxylic acids is 1. The van der Waals surface area contributed by atoms with Crippen molar-refractivity contribution in [2.45, 2.75) is 85.0 Å². The van der Waals surface area contributed by atoms with Crippen molar-refractivity contribution < 1.29 is 9.53 Å². The predicted molar refractivity (Wildman–Crippen MR) is 169 cm³/mol. The predicted octanol–water partition coefficient (Wildman–Crippen LogP) is 8.23. The third-order valence-corrected chi connectivity index (χ3v) is 8.76. The molecule has 8 heteroatoms. The van der Waals surface area contributed by atoms with Crippen LogP contribution in [0.15, 0.2) is 52.3 Å². The van der Waals surface area contributed by atoms with Crippen molar-refractivity contribution in [1.29, 1.82) is 0 Å². The minimum Gasteiger partial charge on any atom is -0.438 e. The largest absolute Gasteiger partial charge is 0.438 e. The first-order valence-electron chi connectivity index (χ1n) is 14.4. The van der Waals surface area contributed by atoms with Gasteiger partial charge in [0.1, 0.15) is 21.3 Å². The molecule has 0 N–H and O–H groups in total. The van der Waals surface area contributed by atoms with Gasteiger partial charge in [-0.15, -0.1) is 0 Å². The smallest absolute Gasteiger partial charge is 0.269 e. The number of hydrogen-bond acceptors (Lipinski definition) is 6. The van der Waals surface area contributed by atoms with Gasteiger partial charge in [0.25, 0.3) is 11.5 Å². The highest BCUT2D eigenvalue weighted by molar-refractivity contribution is 8.26. The number of thiocarbonyl (C=S) groups is 1. The van der Waals surface area contributed by atoms with E-state index in [1.165, 1.54) is 67.5 Å². The van der Waals surface area contributed by atoms with E-state index < -0.39 is 0 Å². The highest BCUT2D eigenvalue weighted by Crippen LogP contribution is 2.35. The quantitative estimate of drug-likeness (QED) is 0.109. The van der Waals surface area contributed by atoms with Crippen LogP contribution in [-0.2, 0) is 4.79 Å². The number of benzene rings is 1. The number of fused-ring (bicyclic) bond motifs is 1. The lowest BCUT2D eigenvalue weighted by molar-refractivity contribution is -0.122. The summed E-state index contributed by atoms with van der Waals surface area (Å²) < 4.78 is 8.20. The summed E-state index contributed by atoms with van der Waals surface area (Å²) in [6.45, 7) is 6.82. The van der Waals surface area contributed by atoms with Crippen molar-refractivity contribution in [3.8, 4) is 11.6 Å². The normalized spacial score (nSPS) is 14.6. The van der Waals surface area contributed by atoms with Gasteiger partial charge in [0.2, 0.25) is 5.88 Å². The molecule has 212 valence electrons. The fourth-order valence-corrected chi connectivity index (χ4v) is 6.09. The first kappa shape index (κ1) is 30.0. The second-order valence-electron chi connectivity index (χ2n) is 10.4. The molecule has 1 aliphatic heterocycles. The van der Waals surface area contributed by atoms with Gasteiger partial charge in [-0.2, -0.15) is 4.98 Å². The first-order chi connectivity index (χ1) is 19.4. The molecule has 0 radical (unpaired) electrons. The first-order valence-corrected chi connectivity index (χ1v) is 15.6. The van der Waals surface area contributed by atoms with E-state index in [2.05, 4.69) is 11.9 Å². The summed E-state index contributed by atoms with van der Waals surface area (Å²) in [5.74, 6) is 0.626. The minimum atomic E-state index is -0.300. The topological polar surface area (TPSA) is 63.9 Å². The molecule has 1 amide bonds. The SMILES string of the molecule is CCCCCCCCCCCCN1C(=O)/C(=C\c2c(Oc3cccc(C)c3C)nc3ccccn3c2=O)SC1=S. The van der Waals surface area contributed by atoms with Crippen molar-refractivity contribution in [3.63, 3.8) is 0 Å². The molecular formula is C32H39N3O3S2. The van der Waals surface area contributed by atoms with Crippen LogP contribution < -0.4 is 10.3 Å². The molecule has 2 aromatic heterocycles. The van der Waals surface area contributed by atoms with E-state index in [9.17, 15) is 9.59 Å². The zero-order valence-electron chi connectivity index (χ0n) is 23.8. The van der Waals surface area contributed by atoms with Crippen molar-refractivity contribution in [3.05, 3.63) is 74.5 Å². The van der Waals surface area contributed by atoms with Crippen molar-refractivity contribution in [2.24, 2.45) is 0 Å². The van der Waals surface area contributed by atoms with Crippen LogP contribution in [0.4, 0.5) is 0 Å². The van der Waals surface area contributed by atoms with Crippen LogP contribution >= 0.6 is 24.0 Å². The maximum absolute atomic E-state index is 13.6. The lowest BCUT2D eigenvalue weighted by Crippen LogP contribution is -2.29. The molecule has 4 rings (SSSR count). The van der Waals surface area contributed by atoms with Crippen LogP contribution in [0, 0.1) is 13.8 Å². The summed E-state index contributed by atoms with van der Waals surface area (Å²) in [5, 5.41) is 0. The van der Waals surface area contributed by atoms with Gasteiger partial charge in [-0.25, -0.2) is 0 Å². The van der Waals surface area contributed by atoms with Crippen molar-refractivity contribution in [1.82, 2.24) is 14.3 Å². The number of ether oxygens (including phenoxy) is 1. The van der Waals surface area contributed by atoms with Gasteiger partial charge in [-0.3, -0.25) is 18.9 Å². The highest BCUT2D eigenvalue weighted by atomic mass is 32.2. The number of hydrogen-bond donors (Lipinski definition) is 0. The Balaban J connectivity index is 1.47. The number of pyridine rings is 1. The number of amides is 1. The van der Waals surface area contributed by atoms with E-state index in [4.69, 9.17) is 17.0 Å². The summed E-state index contributed by atoms with van der Waals surface area (Å²) in [6, 6.07) is 11.1. The number of aryl methyl sites for hydroxylation is 1. The zero-order valence-corrected chi connectivity index (χ0v) is 25.4. The molecule has 0 bridgehead atoms. The van der Waals surface area contributed by atoms with Crippen molar-refractivity contribution in [2.75, 3.05) is 6.54 Å². The molecule has 1 fully saturated rings. The number of unbranched alkanes of at least 4 members (excludes halogenated alkanes) is 9. The number of nitrogens with zero attached hydrogens (tertiary/aromatic N) is 3. The summed E-state index contributed by atoms with van der Waals surface area (Å²) in [5.41, 5.74) is 2.43. The van der Waals surface area contributed by atoms with E-state index in [0.717, 1.165) is 24.0 Å². The Hall–Kier alpha value is -2.97. The molecule has 0 aliphatic carbocycles. The fraction of sp³-hybridized carbons (Fsp3) is 0.438. The average molecular weight is 578 g/mol. The van der Waals surface area contributed by atoms with Crippen LogP contribution in [0.25, 0.3) is 11.7 Å². The molecule has 1 aliphatic rings. The monoisotopic (exact) mass is 577 g/mol. The van der Waals surface area contributed by atoms with Crippen LogP contribution in [-0.4, -0.2) is 31.1 Å². The van der Waals surface area contributed by atoms with Crippen molar-refractivity contribution >= 4 is 45.9 Å². The summed E-state index contributed by atoms with van der Waals surface area (Å²) in [6.07, 6.45) is 15.6. The average Bonchev–Trinajstić information content (AvgIpc) is 3.21. The van der Waals surface area contributed by atoms with Gasteiger partial charge in [0.05, 0.1) is 4.91 Å². The lowest BCUT2D eigenvalue weighted by atomic mass is 10.1. The number of aromatic nitrogens is 2. The molecule has 3 heterocycles. The van der Waals surface area contributed by atoms with E-state index in [1.54, 1.807) is 29.3 Å². The molecule has 0 unspecified atom stereocenters. The second kappa shape index (κ2) is 14.6. The lowest BCUT2D eigenvalue weighted by Gasteiger charge is -2.14. The standard InChI is InChI=1S/C32H39N3O3S2/c1-4-5-6-7-8-9-10-11-12-14-21-35-31(37)27(40-32(35)39)22-25-29(38-26-18-16-17-23(2)24(26)3)33-28-19-13-15-20-34(28)30(25)36/h13,15-20,22H,4-12,14,21H2,1-3H3/b27-22+. The Morgan fingerprint density at radius 1 is 0.925 bits per heavy atom. The summed E-state index contributed by atoms with van der Waals surface area (Å²) in [4.78, 5) is 33.6. The third-order valence-electron chi connectivity index (χ3n) is 7.38. The minimum absolute atomic E-state index is 0.166. The zero-order chi connectivity index (χ0) is 28.5. The number of thioether (sulfide) groups is 1. The Morgan fingerprint density at radius 3 is 2.35 bits per heavy atom. The second-order valence-corrected chi connectivity index (χ2v) is 12.1. The number of rotatable bonds is 14. The maximum Gasteiger partial charge on any atom is 0.269 e. The van der Waals surface area contributed by atoms with Gasteiger partial charge in [-0.05, 0) is 55.7 Å². The van der Waals surface area contributed by atoms with E-state index in [-0.39, 0.29) is 22.9 Å². The van der Waals surface area contributed by atoms with Crippen LogP contribution in [0.1, 0.15) is 87.8 Å². The molecular weight excluding hydrogens is 539 g/mol. The summed E-state index contributed by atoms with van der Waals surface area (Å²) >= 11 is 6.79. The van der Waals surface area contributed by atoms with Crippen LogP contribution in [0.5, 0.6) is 11.6 Å². The maximum atomic E-state index is 13.6. The van der Waals surface area contributed by atoms with Crippen LogP contribution in [0.2, 0.25) is 0 Å². The van der Waals surface area contributed by atoms with Gasteiger partial charge < -0.3 is 4.74 Å². The molecule has 0 saturated carbocycles. The van der Waals surface area contributed by atoms with Gasteiger partial charge in [0.15, 0.2) is 0 Å². The molecule has 3 aromatic rings. The number of carbonyl (C=O) groups is 1. The molecule has 0 atom stereocenters. The van der Waals surface area contributed by atoms with E-state index >= 15 is 0 Å². The Kier molecular flexibility index (Phi) is 10.9. The van der Waals surface area contributed by atoms with Gasteiger partial charge >= 0.3 is 0 Å². The highest BCUT2D eigenvalue weighted by Gasteiger charge is 2.32. The molecule has 6 nitrogen and oxygen atoms in total. The Morgan fingerprint density at radius 2 is 1.62 bits per heavy atom. The third kappa shape index (κ3) is 7.40.